The van der Waals surface area contributed by atoms with Gasteiger partial charge >= 0.3 is 6.09 Å². The molecule has 0 radical (unpaired) electrons. The summed E-state index contributed by atoms with van der Waals surface area (Å²) in [5.41, 5.74) is 1.27. The minimum absolute atomic E-state index is 0.0240. The smallest absolute Gasteiger partial charge is 0.414 e. The Balaban J connectivity index is 2.03. The van der Waals surface area contributed by atoms with Crippen molar-refractivity contribution in [3.63, 3.8) is 0 Å². The number of Topliss-reactive ketones (excluding diaryl/α,β-unsaturated/α-hetero) is 1. The molecule has 1 aliphatic rings. The SMILES string of the molecule is CC(=O)NC[C@@H]1CN(c2ccc(C(C)=O)cc2)C(=O)O1. The van der Waals surface area contributed by atoms with E-state index in [1.165, 1.54) is 18.7 Å². The lowest BCUT2D eigenvalue weighted by Crippen LogP contribution is -2.33. The molecule has 1 heterocycles. The molecule has 0 aromatic heterocycles. The molecule has 0 aliphatic carbocycles. The van der Waals surface area contributed by atoms with Gasteiger partial charge in [-0.1, -0.05) is 0 Å². The van der Waals surface area contributed by atoms with Crippen molar-refractivity contribution in [2.75, 3.05) is 18.0 Å². The van der Waals surface area contributed by atoms with Crippen LogP contribution in [0.25, 0.3) is 0 Å². The van der Waals surface area contributed by atoms with Gasteiger partial charge in [-0.3, -0.25) is 14.5 Å². The second-order valence-corrected chi connectivity index (χ2v) is 4.66. The molecule has 1 aliphatic heterocycles. The van der Waals surface area contributed by atoms with Crippen molar-refractivity contribution in [2.24, 2.45) is 0 Å². The highest BCUT2D eigenvalue weighted by molar-refractivity contribution is 5.95. The third-order valence-corrected chi connectivity index (χ3v) is 3.04. The van der Waals surface area contributed by atoms with E-state index >= 15 is 0 Å². The summed E-state index contributed by atoms with van der Waals surface area (Å²) in [5, 5.41) is 2.62. The number of hydrogen-bond acceptors (Lipinski definition) is 4. The van der Waals surface area contributed by atoms with Crippen LogP contribution in [0.2, 0.25) is 0 Å². The first-order valence-electron chi connectivity index (χ1n) is 6.31. The number of nitrogens with zero attached hydrogens (tertiary/aromatic N) is 1. The molecule has 6 nitrogen and oxygen atoms in total. The lowest BCUT2D eigenvalue weighted by atomic mass is 10.1. The van der Waals surface area contributed by atoms with Gasteiger partial charge in [-0.25, -0.2) is 4.79 Å². The maximum absolute atomic E-state index is 11.8. The molecule has 2 rings (SSSR count). The van der Waals surface area contributed by atoms with E-state index in [4.69, 9.17) is 4.74 Å². The normalized spacial score (nSPS) is 17.8. The van der Waals surface area contributed by atoms with Gasteiger partial charge in [-0.05, 0) is 31.2 Å². The predicted octanol–water partition coefficient (Wildman–Crippen LogP) is 1.35. The van der Waals surface area contributed by atoms with Gasteiger partial charge in [-0.2, -0.15) is 0 Å². The first-order valence-corrected chi connectivity index (χ1v) is 6.31. The largest absolute Gasteiger partial charge is 0.442 e. The summed E-state index contributed by atoms with van der Waals surface area (Å²) in [6.07, 6.45) is -0.810. The Labute approximate surface area is 116 Å². The summed E-state index contributed by atoms with van der Waals surface area (Å²) in [6.45, 7) is 3.57. The Bertz CT molecular complexity index is 539. The van der Waals surface area contributed by atoms with Gasteiger partial charge in [0.15, 0.2) is 5.78 Å². The number of rotatable bonds is 4. The Morgan fingerprint density at radius 1 is 1.30 bits per heavy atom. The highest BCUT2D eigenvalue weighted by Gasteiger charge is 2.32. The predicted molar refractivity (Wildman–Crippen MR) is 72.7 cm³/mol. The maximum atomic E-state index is 11.8. The Kier molecular flexibility index (Phi) is 4.02. The summed E-state index contributed by atoms with van der Waals surface area (Å²) in [7, 11) is 0. The molecule has 20 heavy (non-hydrogen) atoms. The summed E-state index contributed by atoms with van der Waals surface area (Å²) in [4.78, 5) is 35.3. The molecule has 2 amide bonds. The van der Waals surface area contributed by atoms with Crippen LogP contribution in [-0.4, -0.2) is 37.0 Å². The third-order valence-electron chi connectivity index (χ3n) is 3.04. The van der Waals surface area contributed by atoms with Crippen molar-refractivity contribution in [3.8, 4) is 0 Å². The number of carbonyl (C=O) groups excluding carboxylic acids is 3. The number of ether oxygens (including phenoxy) is 1. The lowest BCUT2D eigenvalue weighted by molar-refractivity contribution is -0.119. The van der Waals surface area contributed by atoms with Gasteiger partial charge in [0.25, 0.3) is 0 Å². The molecule has 0 unspecified atom stereocenters. The van der Waals surface area contributed by atoms with Crippen molar-refractivity contribution in [3.05, 3.63) is 29.8 Å². The summed E-state index contributed by atoms with van der Waals surface area (Å²) >= 11 is 0. The number of nitrogens with one attached hydrogen (secondary N) is 1. The summed E-state index contributed by atoms with van der Waals surface area (Å²) in [5.74, 6) is -0.186. The van der Waals surface area contributed by atoms with Crippen LogP contribution in [0.3, 0.4) is 0 Å². The van der Waals surface area contributed by atoms with Crippen LogP contribution in [0.15, 0.2) is 24.3 Å². The van der Waals surface area contributed by atoms with Crippen molar-refractivity contribution >= 4 is 23.5 Å². The van der Waals surface area contributed by atoms with E-state index < -0.39 is 6.09 Å². The van der Waals surface area contributed by atoms with Gasteiger partial charge in [0.2, 0.25) is 5.91 Å². The Morgan fingerprint density at radius 3 is 2.50 bits per heavy atom. The first kappa shape index (κ1) is 14.0. The molecule has 1 aromatic rings. The van der Waals surface area contributed by atoms with Crippen LogP contribution >= 0.6 is 0 Å². The number of carbonyl (C=O) groups is 3. The van der Waals surface area contributed by atoms with E-state index in [1.807, 2.05) is 0 Å². The molecule has 0 bridgehead atoms. The molecule has 0 spiro atoms. The molecule has 6 heteroatoms. The summed E-state index contributed by atoms with van der Waals surface area (Å²) in [6, 6.07) is 6.76. The number of anilines is 1. The van der Waals surface area contributed by atoms with E-state index in [0.29, 0.717) is 24.3 Å². The Hall–Kier alpha value is -2.37. The highest BCUT2D eigenvalue weighted by atomic mass is 16.6. The number of amides is 2. The van der Waals surface area contributed by atoms with Gasteiger partial charge in [0.1, 0.15) is 6.10 Å². The maximum Gasteiger partial charge on any atom is 0.414 e. The zero-order chi connectivity index (χ0) is 14.7. The van der Waals surface area contributed by atoms with Crippen LogP contribution in [0, 0.1) is 0 Å². The average Bonchev–Trinajstić information content (AvgIpc) is 2.78. The number of ketones is 1. The minimum atomic E-state index is -0.448. The average molecular weight is 276 g/mol. The number of benzene rings is 1. The van der Waals surface area contributed by atoms with E-state index in [0.717, 1.165) is 0 Å². The quantitative estimate of drug-likeness (QED) is 0.842. The minimum Gasteiger partial charge on any atom is -0.442 e. The number of cyclic esters (lactones) is 1. The first-order chi connectivity index (χ1) is 9.47. The van der Waals surface area contributed by atoms with E-state index in [-0.39, 0.29) is 17.8 Å². The van der Waals surface area contributed by atoms with Crippen LogP contribution in [0.4, 0.5) is 10.5 Å². The molecule has 1 aromatic carbocycles. The lowest BCUT2D eigenvalue weighted by Gasteiger charge is -2.13. The fourth-order valence-corrected chi connectivity index (χ4v) is 1.97. The Morgan fingerprint density at radius 2 is 1.95 bits per heavy atom. The van der Waals surface area contributed by atoms with Crippen LogP contribution < -0.4 is 10.2 Å². The van der Waals surface area contributed by atoms with Crippen molar-refractivity contribution in [1.29, 1.82) is 0 Å². The monoisotopic (exact) mass is 276 g/mol. The van der Waals surface area contributed by atoms with Gasteiger partial charge < -0.3 is 10.1 Å². The van der Waals surface area contributed by atoms with Gasteiger partial charge in [-0.15, -0.1) is 0 Å². The standard InChI is InChI=1S/C14H16N2O4/c1-9(17)11-3-5-12(6-4-11)16-8-13(20-14(16)19)7-15-10(2)18/h3-6,13H,7-8H2,1-2H3,(H,15,18)/t13-/m1/s1. The molecule has 1 N–H and O–H groups in total. The fourth-order valence-electron chi connectivity index (χ4n) is 1.97. The zero-order valence-electron chi connectivity index (χ0n) is 11.4. The van der Waals surface area contributed by atoms with E-state index in [2.05, 4.69) is 5.32 Å². The van der Waals surface area contributed by atoms with Crippen LogP contribution in [0.1, 0.15) is 24.2 Å². The second-order valence-electron chi connectivity index (χ2n) is 4.66. The molecular weight excluding hydrogens is 260 g/mol. The topological polar surface area (TPSA) is 75.7 Å². The van der Waals surface area contributed by atoms with Gasteiger partial charge in [0.05, 0.1) is 13.1 Å². The molecule has 1 fully saturated rings. The molecule has 1 atom stereocenters. The van der Waals surface area contributed by atoms with Crippen molar-refractivity contribution < 1.29 is 19.1 Å². The van der Waals surface area contributed by atoms with Crippen molar-refractivity contribution in [1.82, 2.24) is 5.32 Å². The third kappa shape index (κ3) is 3.14. The zero-order valence-corrected chi connectivity index (χ0v) is 11.4. The van der Waals surface area contributed by atoms with Crippen LogP contribution in [0.5, 0.6) is 0 Å². The van der Waals surface area contributed by atoms with Gasteiger partial charge in [0, 0.05) is 18.2 Å². The second kappa shape index (κ2) is 5.73. The van der Waals surface area contributed by atoms with E-state index in [1.54, 1.807) is 24.3 Å². The van der Waals surface area contributed by atoms with E-state index in [9.17, 15) is 14.4 Å². The van der Waals surface area contributed by atoms with Crippen molar-refractivity contribution in [2.45, 2.75) is 20.0 Å². The molecule has 1 saturated heterocycles. The fraction of sp³-hybridized carbons (Fsp3) is 0.357. The van der Waals surface area contributed by atoms with Crippen LogP contribution in [-0.2, 0) is 9.53 Å². The summed E-state index contributed by atoms with van der Waals surface area (Å²) < 4.78 is 5.16. The number of hydrogen-bond donors (Lipinski definition) is 1. The molecule has 0 saturated carbocycles. The highest BCUT2D eigenvalue weighted by Crippen LogP contribution is 2.22. The molecular formula is C14H16N2O4. The molecule has 106 valence electrons.